The monoisotopic (exact) mass is 331 g/mol. The van der Waals surface area contributed by atoms with Crippen LogP contribution in [-0.4, -0.2) is 43.5 Å². The average Bonchev–Trinajstić information content (AvgIpc) is 2.61. The number of benzene rings is 2. The number of nitrogens with zero attached hydrogens (tertiary/aromatic N) is 2. The van der Waals surface area contributed by atoms with Crippen molar-refractivity contribution in [2.75, 3.05) is 42.9 Å². The van der Waals surface area contributed by atoms with Crippen LogP contribution in [0.5, 0.6) is 0 Å². The number of piperazine rings is 1. The lowest BCUT2D eigenvalue weighted by atomic mass is 10.2. The van der Waals surface area contributed by atoms with Crippen LogP contribution in [0.3, 0.4) is 0 Å². The Morgan fingerprint density at radius 3 is 2.21 bits per heavy atom. The Morgan fingerprint density at radius 1 is 0.917 bits per heavy atom. The molecule has 0 bridgehead atoms. The molecule has 2 aromatic carbocycles. The summed E-state index contributed by atoms with van der Waals surface area (Å²) in [6, 6.07) is 12.9. The highest BCUT2D eigenvalue weighted by molar-refractivity contribution is 5.81. The van der Waals surface area contributed by atoms with Crippen LogP contribution in [0.15, 0.2) is 48.5 Å². The van der Waals surface area contributed by atoms with Crippen LogP contribution in [0.25, 0.3) is 0 Å². The quantitative estimate of drug-likeness (QED) is 0.936. The molecule has 126 valence electrons. The summed E-state index contributed by atoms with van der Waals surface area (Å²) in [5.41, 5.74) is 0.880. The van der Waals surface area contributed by atoms with Crippen molar-refractivity contribution in [3.8, 4) is 0 Å². The van der Waals surface area contributed by atoms with Crippen molar-refractivity contribution in [2.45, 2.75) is 0 Å². The fraction of sp³-hybridized carbons (Fsp3) is 0.278. The molecule has 4 nitrogen and oxygen atoms in total. The second-order valence-electron chi connectivity index (χ2n) is 5.65. The summed E-state index contributed by atoms with van der Waals surface area (Å²) < 4.78 is 27.3. The summed E-state index contributed by atoms with van der Waals surface area (Å²) in [6.45, 7) is 2.23. The number of carbonyl (C=O) groups excluding carboxylic acids is 1. The van der Waals surface area contributed by atoms with Gasteiger partial charge in [-0.25, -0.2) is 8.78 Å². The fourth-order valence-corrected chi connectivity index (χ4v) is 2.79. The van der Waals surface area contributed by atoms with E-state index in [1.54, 1.807) is 41.3 Å². The first-order valence-corrected chi connectivity index (χ1v) is 7.91. The lowest BCUT2D eigenvalue weighted by Gasteiger charge is -2.36. The van der Waals surface area contributed by atoms with Crippen molar-refractivity contribution in [3.05, 3.63) is 60.2 Å². The molecule has 1 heterocycles. The molecule has 1 amide bonds. The normalized spacial score (nSPS) is 14.6. The molecule has 0 aliphatic carbocycles. The molecule has 1 fully saturated rings. The highest BCUT2D eigenvalue weighted by atomic mass is 19.1. The Balaban J connectivity index is 1.52. The largest absolute Gasteiger partial charge is 0.374 e. The van der Waals surface area contributed by atoms with Gasteiger partial charge in [-0.3, -0.25) is 4.79 Å². The maximum Gasteiger partial charge on any atom is 0.241 e. The van der Waals surface area contributed by atoms with Crippen LogP contribution in [0.4, 0.5) is 20.2 Å². The van der Waals surface area contributed by atoms with E-state index in [1.165, 1.54) is 12.1 Å². The third kappa shape index (κ3) is 3.64. The Labute approximate surface area is 139 Å². The summed E-state index contributed by atoms with van der Waals surface area (Å²) >= 11 is 0. The molecule has 3 rings (SSSR count). The summed E-state index contributed by atoms with van der Waals surface area (Å²) in [6.07, 6.45) is 0. The molecule has 1 N–H and O–H groups in total. The third-order valence-corrected chi connectivity index (χ3v) is 4.13. The zero-order chi connectivity index (χ0) is 16.9. The summed E-state index contributed by atoms with van der Waals surface area (Å²) in [7, 11) is 0. The molecule has 0 spiro atoms. The van der Waals surface area contributed by atoms with Crippen LogP contribution in [0, 0.1) is 11.6 Å². The molecule has 1 aliphatic heterocycles. The van der Waals surface area contributed by atoms with Crippen LogP contribution in [0.1, 0.15) is 0 Å². The third-order valence-electron chi connectivity index (χ3n) is 4.13. The van der Waals surface area contributed by atoms with Gasteiger partial charge in [0.05, 0.1) is 17.9 Å². The van der Waals surface area contributed by atoms with Crippen LogP contribution in [0.2, 0.25) is 0 Å². The van der Waals surface area contributed by atoms with E-state index in [1.807, 2.05) is 4.90 Å². The SMILES string of the molecule is O=C(CNc1ccccc1F)N1CCN(c2ccccc2F)CC1. The maximum absolute atomic E-state index is 13.8. The minimum Gasteiger partial charge on any atom is -0.374 e. The van der Waals surface area contributed by atoms with Crippen LogP contribution >= 0.6 is 0 Å². The summed E-state index contributed by atoms with van der Waals surface area (Å²) in [5, 5.41) is 2.82. The van der Waals surface area contributed by atoms with Crippen molar-refractivity contribution < 1.29 is 13.6 Å². The first kappa shape index (κ1) is 16.2. The van der Waals surface area contributed by atoms with Crippen molar-refractivity contribution in [2.24, 2.45) is 0 Å². The van der Waals surface area contributed by atoms with Crippen molar-refractivity contribution in [1.82, 2.24) is 4.90 Å². The second-order valence-corrected chi connectivity index (χ2v) is 5.65. The smallest absolute Gasteiger partial charge is 0.241 e. The van der Waals surface area contributed by atoms with Gasteiger partial charge in [0.1, 0.15) is 11.6 Å². The van der Waals surface area contributed by atoms with Gasteiger partial charge in [0.25, 0.3) is 0 Å². The molecule has 0 aromatic heterocycles. The van der Waals surface area contributed by atoms with Gasteiger partial charge in [-0.05, 0) is 24.3 Å². The van der Waals surface area contributed by atoms with Crippen LogP contribution < -0.4 is 10.2 Å². The van der Waals surface area contributed by atoms with E-state index in [9.17, 15) is 13.6 Å². The predicted molar refractivity (Wildman–Crippen MR) is 90.1 cm³/mol. The Kier molecular flexibility index (Phi) is 4.93. The minimum atomic E-state index is -0.380. The highest BCUT2D eigenvalue weighted by Crippen LogP contribution is 2.20. The predicted octanol–water partition coefficient (Wildman–Crippen LogP) is 2.73. The van der Waals surface area contributed by atoms with Gasteiger partial charge in [0, 0.05) is 26.2 Å². The number of halogens is 2. The Morgan fingerprint density at radius 2 is 1.54 bits per heavy atom. The van der Waals surface area contributed by atoms with Gasteiger partial charge in [0.15, 0.2) is 0 Å². The van der Waals surface area contributed by atoms with Crippen LogP contribution in [-0.2, 0) is 4.79 Å². The lowest BCUT2D eigenvalue weighted by Crippen LogP contribution is -2.50. The standard InChI is InChI=1S/C18H19F2N3O/c19-14-5-1-3-7-16(14)21-13-18(24)23-11-9-22(10-12-23)17-8-4-2-6-15(17)20/h1-8,21H,9-13H2. The van der Waals surface area contributed by atoms with Gasteiger partial charge in [-0.15, -0.1) is 0 Å². The van der Waals surface area contributed by atoms with Gasteiger partial charge in [-0.2, -0.15) is 0 Å². The average molecular weight is 331 g/mol. The topological polar surface area (TPSA) is 35.6 Å². The number of rotatable bonds is 4. The highest BCUT2D eigenvalue weighted by Gasteiger charge is 2.22. The van der Waals surface area contributed by atoms with E-state index in [2.05, 4.69) is 5.32 Å². The molecule has 1 saturated heterocycles. The zero-order valence-electron chi connectivity index (χ0n) is 13.2. The van der Waals surface area contributed by atoms with Gasteiger partial charge in [-0.1, -0.05) is 24.3 Å². The number of carbonyl (C=O) groups is 1. The van der Waals surface area contributed by atoms with E-state index in [0.29, 0.717) is 37.6 Å². The molecule has 1 aliphatic rings. The lowest BCUT2D eigenvalue weighted by molar-refractivity contribution is -0.129. The minimum absolute atomic E-state index is 0.0423. The second kappa shape index (κ2) is 7.29. The van der Waals surface area contributed by atoms with E-state index < -0.39 is 0 Å². The van der Waals surface area contributed by atoms with Crippen molar-refractivity contribution in [3.63, 3.8) is 0 Å². The fourth-order valence-electron chi connectivity index (χ4n) is 2.79. The number of anilines is 2. The van der Waals surface area contributed by atoms with Gasteiger partial charge in [0.2, 0.25) is 5.91 Å². The molecule has 24 heavy (non-hydrogen) atoms. The van der Waals surface area contributed by atoms with Crippen molar-refractivity contribution >= 4 is 17.3 Å². The van der Waals surface area contributed by atoms with E-state index in [-0.39, 0.29) is 24.1 Å². The van der Waals surface area contributed by atoms with Gasteiger partial charge < -0.3 is 15.1 Å². The number of amides is 1. The number of hydrogen-bond donors (Lipinski definition) is 1. The molecular formula is C18H19F2N3O. The van der Waals surface area contributed by atoms with E-state index in [0.717, 1.165) is 0 Å². The number of para-hydroxylation sites is 2. The van der Waals surface area contributed by atoms with E-state index in [4.69, 9.17) is 0 Å². The summed E-state index contributed by atoms with van der Waals surface area (Å²) in [4.78, 5) is 15.9. The molecule has 6 heteroatoms. The zero-order valence-corrected chi connectivity index (χ0v) is 13.2. The van der Waals surface area contributed by atoms with E-state index >= 15 is 0 Å². The number of hydrogen-bond acceptors (Lipinski definition) is 3. The number of nitrogens with one attached hydrogen (secondary N) is 1. The van der Waals surface area contributed by atoms with Gasteiger partial charge >= 0.3 is 0 Å². The first-order chi connectivity index (χ1) is 11.6. The molecule has 0 saturated carbocycles. The summed E-state index contributed by atoms with van der Waals surface area (Å²) in [5.74, 6) is -0.723. The maximum atomic E-state index is 13.8. The Bertz CT molecular complexity index is 715. The molecule has 0 radical (unpaired) electrons. The molecule has 0 atom stereocenters. The molecule has 2 aromatic rings. The first-order valence-electron chi connectivity index (χ1n) is 7.91. The Hall–Kier alpha value is -2.63. The molecular weight excluding hydrogens is 312 g/mol. The van der Waals surface area contributed by atoms with Crippen molar-refractivity contribution in [1.29, 1.82) is 0 Å². The molecule has 0 unspecified atom stereocenters.